The molecule has 0 saturated heterocycles. The summed E-state index contributed by atoms with van der Waals surface area (Å²) in [5.74, 6) is -0.0206. The van der Waals surface area contributed by atoms with Crippen LogP contribution in [0.15, 0.2) is 46.6 Å². The molecule has 0 saturated carbocycles. The molecule has 1 rings (SSSR count). The second-order valence-electron chi connectivity index (χ2n) is 8.42. The Hall–Kier alpha value is -1.69. The Bertz CT molecular complexity index is 642. The van der Waals surface area contributed by atoms with Gasteiger partial charge in [0.25, 0.3) is 0 Å². The van der Waals surface area contributed by atoms with Gasteiger partial charge in [-0.15, -0.1) is 0 Å². The molecular weight excluding hydrogens is 380 g/mol. The van der Waals surface area contributed by atoms with Gasteiger partial charge in [-0.05, 0) is 70.3 Å². The lowest BCUT2D eigenvalue weighted by atomic mass is 10.0. The molecule has 0 spiro atoms. The molecule has 0 aromatic heterocycles. The lowest BCUT2D eigenvalue weighted by Gasteiger charge is -2.11. The van der Waals surface area contributed by atoms with Crippen molar-refractivity contribution in [3.05, 3.63) is 46.6 Å². The van der Waals surface area contributed by atoms with Crippen LogP contribution in [0.4, 0.5) is 0 Å². The third-order valence-electron chi connectivity index (χ3n) is 5.55. The van der Waals surface area contributed by atoms with Crippen molar-refractivity contribution >= 4 is 5.97 Å². The molecule has 0 aromatic rings. The molecule has 0 radical (unpaired) electrons. The highest BCUT2D eigenvalue weighted by Crippen LogP contribution is 2.20. The largest absolute Gasteiger partial charge is 0.454 e. The average Bonchev–Trinajstić information content (AvgIpc) is 3.09. The summed E-state index contributed by atoms with van der Waals surface area (Å²) in [6, 6.07) is 0. The molecule has 2 atom stereocenters. The maximum Gasteiger partial charge on any atom is 0.331 e. The third kappa shape index (κ3) is 10.9. The van der Waals surface area contributed by atoms with Crippen LogP contribution >= 0.6 is 0 Å². The maximum absolute atomic E-state index is 11.3. The molecular formula is C25H40O5. The van der Waals surface area contributed by atoms with Crippen LogP contribution in [0, 0.1) is 5.92 Å². The van der Waals surface area contributed by atoms with E-state index in [4.69, 9.17) is 9.84 Å². The Morgan fingerprint density at radius 3 is 2.37 bits per heavy atom. The van der Waals surface area contributed by atoms with E-state index >= 15 is 0 Å². The van der Waals surface area contributed by atoms with E-state index in [1.165, 1.54) is 17.2 Å². The minimum Gasteiger partial charge on any atom is -0.454 e. The molecule has 30 heavy (non-hydrogen) atoms. The highest BCUT2D eigenvalue weighted by atomic mass is 16.5. The van der Waals surface area contributed by atoms with E-state index in [2.05, 4.69) is 32.9 Å². The van der Waals surface area contributed by atoms with Gasteiger partial charge in [0.1, 0.15) is 6.10 Å². The average molecular weight is 421 g/mol. The van der Waals surface area contributed by atoms with Gasteiger partial charge >= 0.3 is 5.97 Å². The van der Waals surface area contributed by atoms with E-state index in [-0.39, 0.29) is 19.8 Å². The van der Waals surface area contributed by atoms with Crippen LogP contribution in [0.5, 0.6) is 0 Å². The highest BCUT2D eigenvalue weighted by Gasteiger charge is 2.24. The van der Waals surface area contributed by atoms with Gasteiger partial charge in [0.15, 0.2) is 0 Å². The molecule has 1 aliphatic rings. The zero-order valence-corrected chi connectivity index (χ0v) is 18.9. The fourth-order valence-corrected chi connectivity index (χ4v) is 3.44. The maximum atomic E-state index is 11.3. The summed E-state index contributed by atoms with van der Waals surface area (Å²) in [5.41, 5.74) is 4.28. The number of hydrogen-bond acceptors (Lipinski definition) is 5. The van der Waals surface area contributed by atoms with Crippen LogP contribution in [0.1, 0.15) is 72.1 Å². The Balaban J connectivity index is 2.32. The van der Waals surface area contributed by atoms with Crippen molar-refractivity contribution in [3.63, 3.8) is 0 Å². The monoisotopic (exact) mass is 420 g/mol. The van der Waals surface area contributed by atoms with Crippen LogP contribution < -0.4 is 0 Å². The van der Waals surface area contributed by atoms with Crippen LogP contribution in [0.2, 0.25) is 0 Å². The molecule has 1 aliphatic heterocycles. The van der Waals surface area contributed by atoms with Crippen LogP contribution in [-0.2, 0) is 9.53 Å². The Labute approximate surface area is 181 Å². The van der Waals surface area contributed by atoms with E-state index in [0.29, 0.717) is 17.9 Å². The van der Waals surface area contributed by atoms with Gasteiger partial charge in [-0.1, -0.05) is 36.3 Å². The van der Waals surface area contributed by atoms with Gasteiger partial charge in [0, 0.05) is 24.7 Å². The topological polar surface area (TPSA) is 87.0 Å². The molecule has 0 aromatic carbocycles. The lowest BCUT2D eigenvalue weighted by molar-refractivity contribution is -0.138. The summed E-state index contributed by atoms with van der Waals surface area (Å²) in [4.78, 5) is 11.3. The number of aliphatic hydroxyl groups excluding tert-OH is 3. The van der Waals surface area contributed by atoms with Gasteiger partial charge in [-0.3, -0.25) is 0 Å². The number of carbonyl (C=O) groups excluding carboxylic acids is 1. The molecule has 3 N–H and O–H groups in total. The minimum atomic E-state index is -0.414. The molecule has 0 fully saturated rings. The van der Waals surface area contributed by atoms with Gasteiger partial charge in [0.05, 0.1) is 13.2 Å². The van der Waals surface area contributed by atoms with Crippen molar-refractivity contribution < 1.29 is 24.9 Å². The fourth-order valence-electron chi connectivity index (χ4n) is 3.44. The molecule has 5 nitrogen and oxygen atoms in total. The molecule has 0 amide bonds. The van der Waals surface area contributed by atoms with Gasteiger partial charge < -0.3 is 20.1 Å². The molecule has 1 heterocycles. The predicted molar refractivity (Wildman–Crippen MR) is 121 cm³/mol. The van der Waals surface area contributed by atoms with Crippen molar-refractivity contribution in [1.29, 1.82) is 0 Å². The van der Waals surface area contributed by atoms with Crippen molar-refractivity contribution in [2.45, 2.75) is 78.2 Å². The van der Waals surface area contributed by atoms with Gasteiger partial charge in [-0.2, -0.15) is 0 Å². The molecule has 5 heteroatoms. The Morgan fingerprint density at radius 1 is 1.07 bits per heavy atom. The molecule has 170 valence electrons. The third-order valence-corrected chi connectivity index (χ3v) is 5.55. The summed E-state index contributed by atoms with van der Waals surface area (Å²) >= 11 is 0. The number of hydrogen-bond donors (Lipinski definition) is 3. The van der Waals surface area contributed by atoms with Crippen molar-refractivity contribution in [2.24, 2.45) is 5.92 Å². The SMILES string of the molecule is CC(=CCCC(=CCC1OC(=O)C=C1CO)CO)CCC=C(C)CCCC(C)CO. The van der Waals surface area contributed by atoms with Crippen molar-refractivity contribution in [2.75, 3.05) is 19.8 Å². The van der Waals surface area contributed by atoms with E-state index in [0.717, 1.165) is 50.5 Å². The van der Waals surface area contributed by atoms with Gasteiger partial charge in [-0.25, -0.2) is 4.79 Å². The number of allylic oxidation sites excluding steroid dienone is 4. The van der Waals surface area contributed by atoms with E-state index in [1.807, 2.05) is 6.08 Å². The molecule has 0 bridgehead atoms. The quantitative estimate of drug-likeness (QED) is 0.270. The normalized spacial score (nSPS) is 19.1. The summed E-state index contributed by atoms with van der Waals surface area (Å²) in [5, 5.41) is 27.9. The lowest BCUT2D eigenvalue weighted by Crippen LogP contribution is -2.13. The zero-order chi connectivity index (χ0) is 22.4. The number of cyclic esters (lactones) is 1. The summed E-state index contributed by atoms with van der Waals surface area (Å²) in [6.45, 7) is 6.48. The van der Waals surface area contributed by atoms with E-state index < -0.39 is 12.1 Å². The van der Waals surface area contributed by atoms with E-state index in [9.17, 15) is 15.0 Å². The zero-order valence-electron chi connectivity index (χ0n) is 18.9. The summed E-state index contributed by atoms with van der Waals surface area (Å²) < 4.78 is 5.16. The Morgan fingerprint density at radius 2 is 1.73 bits per heavy atom. The Kier molecular flexibility index (Phi) is 13.3. The minimum absolute atomic E-state index is 0.0114. The number of carbonyl (C=O) groups is 1. The first-order valence-electron chi connectivity index (χ1n) is 11.1. The number of esters is 1. The summed E-state index contributed by atoms with van der Waals surface area (Å²) in [7, 11) is 0. The fraction of sp³-hybridized carbons (Fsp3) is 0.640. The second-order valence-corrected chi connectivity index (χ2v) is 8.42. The first-order chi connectivity index (χ1) is 14.4. The van der Waals surface area contributed by atoms with Crippen molar-refractivity contribution in [3.8, 4) is 0 Å². The van der Waals surface area contributed by atoms with Crippen LogP contribution in [0.25, 0.3) is 0 Å². The molecule has 2 unspecified atom stereocenters. The standard InChI is InChI=1S/C25H40O5/c1-19(9-5-11-21(3)16-26)7-4-8-20(2)10-6-12-22(17-27)13-14-24-23(18-28)15-25(29)30-24/h7,10,13,15,21,24,26-28H,4-6,8-9,11-12,14,16-18H2,1-3H3. The highest BCUT2D eigenvalue weighted by molar-refractivity contribution is 5.85. The summed E-state index contributed by atoms with van der Waals surface area (Å²) in [6.07, 6.45) is 14.9. The first kappa shape index (κ1) is 26.3. The van der Waals surface area contributed by atoms with E-state index in [1.54, 1.807) is 0 Å². The first-order valence-corrected chi connectivity index (χ1v) is 11.1. The van der Waals surface area contributed by atoms with Gasteiger partial charge in [0.2, 0.25) is 0 Å². The number of aliphatic hydroxyl groups is 3. The number of ether oxygens (including phenoxy) is 1. The van der Waals surface area contributed by atoms with Crippen LogP contribution in [-0.4, -0.2) is 47.2 Å². The van der Waals surface area contributed by atoms with Crippen LogP contribution in [0.3, 0.4) is 0 Å². The predicted octanol–water partition coefficient (Wildman–Crippen LogP) is 4.39. The second kappa shape index (κ2) is 15.2. The smallest absolute Gasteiger partial charge is 0.331 e. The number of rotatable bonds is 15. The van der Waals surface area contributed by atoms with Crippen molar-refractivity contribution in [1.82, 2.24) is 0 Å². The molecule has 0 aliphatic carbocycles.